The predicted octanol–water partition coefficient (Wildman–Crippen LogP) is 2.91. The Bertz CT molecular complexity index is 641. The van der Waals surface area contributed by atoms with Gasteiger partial charge in [0.2, 0.25) is 0 Å². The molecule has 0 aliphatic carbocycles. The second kappa shape index (κ2) is 5.83. The molecule has 0 saturated heterocycles. The normalized spacial score (nSPS) is 10.0. The van der Waals surface area contributed by atoms with Crippen LogP contribution in [0.3, 0.4) is 0 Å². The highest BCUT2D eigenvalue weighted by atomic mass is 16.6. The Hall–Kier alpha value is -2.89. The van der Waals surface area contributed by atoms with Crippen LogP contribution in [-0.2, 0) is 6.54 Å². The molecule has 0 aliphatic rings. The first-order valence-electron chi connectivity index (χ1n) is 5.87. The van der Waals surface area contributed by atoms with Gasteiger partial charge in [0.25, 0.3) is 5.69 Å². The third kappa shape index (κ3) is 3.11. The van der Waals surface area contributed by atoms with Crippen LogP contribution >= 0.6 is 0 Å². The molecule has 0 saturated carbocycles. The van der Waals surface area contributed by atoms with E-state index in [0.29, 0.717) is 5.56 Å². The molecule has 2 aromatic carbocycles. The van der Waals surface area contributed by atoms with Crippen LogP contribution in [0.15, 0.2) is 48.5 Å². The van der Waals surface area contributed by atoms with Crippen molar-refractivity contribution in [3.63, 3.8) is 0 Å². The lowest BCUT2D eigenvalue weighted by atomic mass is 10.1. The van der Waals surface area contributed by atoms with Crippen molar-refractivity contribution in [3.05, 3.63) is 69.8 Å². The van der Waals surface area contributed by atoms with E-state index >= 15 is 0 Å². The number of hydrogen-bond donors (Lipinski definition) is 2. The third-order valence-corrected chi connectivity index (χ3v) is 2.78. The number of nitro groups is 1. The summed E-state index contributed by atoms with van der Waals surface area (Å²) < 4.78 is 0. The molecule has 102 valence electrons. The van der Waals surface area contributed by atoms with Crippen LogP contribution in [-0.4, -0.2) is 16.0 Å². The predicted molar refractivity (Wildman–Crippen MR) is 73.8 cm³/mol. The largest absolute Gasteiger partial charge is 0.478 e. The van der Waals surface area contributed by atoms with Crippen LogP contribution in [0.5, 0.6) is 0 Å². The fourth-order valence-electron chi connectivity index (χ4n) is 1.79. The van der Waals surface area contributed by atoms with E-state index in [1.807, 2.05) is 30.3 Å². The van der Waals surface area contributed by atoms with Gasteiger partial charge in [0.05, 0.1) is 10.5 Å². The summed E-state index contributed by atoms with van der Waals surface area (Å²) in [5.41, 5.74) is 1.07. The highest BCUT2D eigenvalue weighted by Gasteiger charge is 2.16. The van der Waals surface area contributed by atoms with E-state index in [-0.39, 0.29) is 17.8 Å². The Morgan fingerprint density at radius 3 is 2.50 bits per heavy atom. The van der Waals surface area contributed by atoms with Gasteiger partial charge in [-0.15, -0.1) is 0 Å². The number of nitrogens with zero attached hydrogens (tertiary/aromatic N) is 1. The Labute approximate surface area is 114 Å². The Morgan fingerprint density at radius 2 is 1.90 bits per heavy atom. The number of nitrogens with one attached hydrogen (secondary N) is 1. The fraction of sp³-hybridized carbons (Fsp3) is 0.0714. The van der Waals surface area contributed by atoms with E-state index < -0.39 is 10.9 Å². The van der Waals surface area contributed by atoms with E-state index in [4.69, 9.17) is 5.11 Å². The summed E-state index contributed by atoms with van der Waals surface area (Å²) in [6.45, 7) is 0.182. The second-order valence-corrected chi connectivity index (χ2v) is 4.13. The average Bonchev–Trinajstić information content (AvgIpc) is 2.45. The second-order valence-electron chi connectivity index (χ2n) is 4.13. The molecule has 0 radical (unpaired) electrons. The minimum Gasteiger partial charge on any atom is -0.478 e. The summed E-state index contributed by atoms with van der Waals surface area (Å²) in [7, 11) is 0. The number of anilines is 1. The zero-order valence-electron chi connectivity index (χ0n) is 10.4. The van der Waals surface area contributed by atoms with E-state index in [0.717, 1.165) is 5.69 Å². The van der Waals surface area contributed by atoms with Crippen LogP contribution in [0, 0.1) is 10.1 Å². The van der Waals surface area contributed by atoms with E-state index in [1.54, 1.807) is 0 Å². The van der Waals surface area contributed by atoms with Gasteiger partial charge in [-0.25, -0.2) is 4.79 Å². The monoisotopic (exact) mass is 272 g/mol. The molecule has 0 amide bonds. The number of carboxylic acid groups (broad SMARTS) is 1. The van der Waals surface area contributed by atoms with Crippen molar-refractivity contribution in [3.8, 4) is 0 Å². The maximum Gasteiger partial charge on any atom is 0.335 e. The summed E-state index contributed by atoms with van der Waals surface area (Å²) in [4.78, 5) is 21.3. The number of para-hydroxylation sites is 1. The maximum atomic E-state index is 10.9. The standard InChI is InChI=1S/C14H12N2O4/c17-14(18)10-6-7-13(16(19)20)11(8-10)9-15-12-4-2-1-3-5-12/h1-8,15H,9H2,(H,17,18). The molecule has 0 aromatic heterocycles. The van der Waals surface area contributed by atoms with Crippen molar-refractivity contribution in [2.45, 2.75) is 6.54 Å². The molecular formula is C14H12N2O4. The number of carbonyl (C=O) groups is 1. The zero-order valence-corrected chi connectivity index (χ0v) is 10.4. The number of nitro benzene ring substituents is 1. The quantitative estimate of drug-likeness (QED) is 0.644. The van der Waals surface area contributed by atoms with E-state index in [9.17, 15) is 14.9 Å². The lowest BCUT2D eigenvalue weighted by molar-refractivity contribution is -0.385. The highest BCUT2D eigenvalue weighted by molar-refractivity contribution is 5.88. The van der Waals surface area contributed by atoms with Crippen LogP contribution in [0.1, 0.15) is 15.9 Å². The zero-order chi connectivity index (χ0) is 14.5. The summed E-state index contributed by atoms with van der Waals surface area (Å²) in [6.07, 6.45) is 0. The number of rotatable bonds is 5. The molecule has 2 rings (SSSR count). The van der Waals surface area contributed by atoms with Crippen LogP contribution < -0.4 is 5.32 Å². The van der Waals surface area contributed by atoms with Gasteiger partial charge in [-0.3, -0.25) is 10.1 Å². The smallest absolute Gasteiger partial charge is 0.335 e. The van der Waals surface area contributed by atoms with Crippen LogP contribution in [0.25, 0.3) is 0 Å². The minimum atomic E-state index is -1.11. The first-order valence-corrected chi connectivity index (χ1v) is 5.87. The minimum absolute atomic E-state index is 0.0282. The summed E-state index contributed by atoms with van der Waals surface area (Å²) in [5.74, 6) is -1.11. The molecule has 0 unspecified atom stereocenters. The number of hydrogen-bond acceptors (Lipinski definition) is 4. The van der Waals surface area contributed by atoms with Crippen LogP contribution in [0.4, 0.5) is 11.4 Å². The number of carboxylic acids is 1. The molecule has 0 spiro atoms. The Kier molecular flexibility index (Phi) is 3.95. The van der Waals surface area contributed by atoms with Crippen molar-refractivity contribution < 1.29 is 14.8 Å². The first kappa shape index (κ1) is 13.5. The molecule has 0 fully saturated rings. The van der Waals surface area contributed by atoms with Gasteiger partial charge in [-0.1, -0.05) is 18.2 Å². The molecule has 2 aromatic rings. The molecule has 0 heterocycles. The lowest BCUT2D eigenvalue weighted by Gasteiger charge is -2.07. The summed E-state index contributed by atoms with van der Waals surface area (Å²) in [5, 5.41) is 22.9. The highest BCUT2D eigenvalue weighted by Crippen LogP contribution is 2.21. The van der Waals surface area contributed by atoms with Crippen molar-refractivity contribution in [1.29, 1.82) is 0 Å². The van der Waals surface area contributed by atoms with Crippen molar-refractivity contribution in [2.75, 3.05) is 5.32 Å². The van der Waals surface area contributed by atoms with Crippen LogP contribution in [0.2, 0.25) is 0 Å². The number of benzene rings is 2. The third-order valence-electron chi connectivity index (χ3n) is 2.78. The van der Waals surface area contributed by atoms with Gasteiger partial charge in [-0.05, 0) is 24.3 Å². The van der Waals surface area contributed by atoms with Crippen molar-refractivity contribution in [1.82, 2.24) is 0 Å². The van der Waals surface area contributed by atoms with Crippen molar-refractivity contribution >= 4 is 17.3 Å². The van der Waals surface area contributed by atoms with Gasteiger partial charge in [0.15, 0.2) is 0 Å². The molecule has 0 bridgehead atoms. The molecule has 2 N–H and O–H groups in total. The average molecular weight is 272 g/mol. The van der Waals surface area contributed by atoms with E-state index in [2.05, 4.69) is 5.32 Å². The van der Waals surface area contributed by atoms with Crippen molar-refractivity contribution in [2.24, 2.45) is 0 Å². The Morgan fingerprint density at radius 1 is 1.20 bits per heavy atom. The lowest BCUT2D eigenvalue weighted by Crippen LogP contribution is -2.06. The van der Waals surface area contributed by atoms with Gasteiger partial charge in [0.1, 0.15) is 0 Å². The SMILES string of the molecule is O=C(O)c1ccc([N+](=O)[O-])c(CNc2ccccc2)c1. The first-order chi connectivity index (χ1) is 9.58. The number of aromatic carboxylic acids is 1. The van der Waals surface area contributed by atoms with E-state index in [1.165, 1.54) is 18.2 Å². The molecule has 20 heavy (non-hydrogen) atoms. The molecule has 6 heteroatoms. The molecule has 0 aliphatic heterocycles. The molecule has 6 nitrogen and oxygen atoms in total. The summed E-state index contributed by atoms with van der Waals surface area (Å²) >= 11 is 0. The fourth-order valence-corrected chi connectivity index (χ4v) is 1.79. The summed E-state index contributed by atoms with van der Waals surface area (Å²) in [6, 6.07) is 12.9. The topological polar surface area (TPSA) is 92.5 Å². The molecular weight excluding hydrogens is 260 g/mol. The van der Waals surface area contributed by atoms with Gasteiger partial charge in [-0.2, -0.15) is 0 Å². The van der Waals surface area contributed by atoms with Gasteiger partial charge < -0.3 is 10.4 Å². The molecule has 0 atom stereocenters. The van der Waals surface area contributed by atoms with Gasteiger partial charge in [0, 0.05) is 23.9 Å². The Balaban J connectivity index is 2.26. The van der Waals surface area contributed by atoms with Gasteiger partial charge >= 0.3 is 5.97 Å². The maximum absolute atomic E-state index is 10.9.